The van der Waals surface area contributed by atoms with Gasteiger partial charge in [0.25, 0.3) is 0 Å². The Hall–Kier alpha value is -1.93. The maximum atomic E-state index is 14.1. The summed E-state index contributed by atoms with van der Waals surface area (Å²) in [5.41, 5.74) is -3.97. The number of hydrogen-bond donors (Lipinski definition) is 2. The third-order valence-electron chi connectivity index (χ3n) is 10.7. The molecule has 8 atom stereocenters. The number of nitrogens with zero attached hydrogens (tertiary/aromatic N) is 2. The van der Waals surface area contributed by atoms with E-state index >= 15 is 0 Å². The predicted octanol–water partition coefficient (Wildman–Crippen LogP) is 1.49. The zero-order valence-corrected chi connectivity index (χ0v) is 20.5. The molecule has 0 aromatic heterocycles. The first-order chi connectivity index (χ1) is 15.9. The molecule has 4 saturated heterocycles. The largest absolute Gasteiger partial charge is 0.624 e. The second-order valence-electron chi connectivity index (χ2n) is 13.1. The first kappa shape index (κ1) is 21.4. The molecule has 6 heterocycles. The monoisotopic (exact) mass is 469 g/mol. The van der Waals surface area contributed by atoms with Crippen molar-refractivity contribution in [2.45, 2.75) is 101 Å². The average Bonchev–Trinajstić information content (AvgIpc) is 3.27. The number of rotatable bonds is 0. The van der Waals surface area contributed by atoms with E-state index in [0.29, 0.717) is 31.5 Å². The summed E-state index contributed by atoms with van der Waals surface area (Å²) in [5.74, 6) is -0.767. The molecule has 8 unspecified atom stereocenters. The Morgan fingerprint density at radius 3 is 2.76 bits per heavy atom. The van der Waals surface area contributed by atoms with Gasteiger partial charge in [0.05, 0.1) is 29.0 Å². The lowest BCUT2D eigenvalue weighted by molar-refractivity contribution is -0.517. The van der Waals surface area contributed by atoms with Crippen molar-refractivity contribution in [1.82, 2.24) is 10.2 Å². The van der Waals surface area contributed by atoms with Crippen LogP contribution in [0.15, 0.2) is 12.2 Å². The van der Waals surface area contributed by atoms with Gasteiger partial charge in [0, 0.05) is 18.9 Å². The molecule has 8 nitrogen and oxygen atoms in total. The van der Waals surface area contributed by atoms with Crippen LogP contribution in [-0.2, 0) is 14.3 Å². The molecule has 184 valence electrons. The number of piperidine rings is 2. The quantitative estimate of drug-likeness (QED) is 0.318. The fourth-order valence-electron chi connectivity index (χ4n) is 9.54. The van der Waals surface area contributed by atoms with Gasteiger partial charge in [-0.3, -0.25) is 9.59 Å². The molecule has 6 fully saturated rings. The van der Waals surface area contributed by atoms with E-state index in [9.17, 15) is 19.9 Å². The molecule has 2 N–H and O–H groups in total. The second-order valence-corrected chi connectivity index (χ2v) is 13.1. The smallest absolute Gasteiger partial charge is 0.249 e. The summed E-state index contributed by atoms with van der Waals surface area (Å²) in [6.45, 7) is 8.66. The molecule has 8 rings (SSSR count). The van der Waals surface area contributed by atoms with Crippen molar-refractivity contribution in [1.29, 1.82) is 0 Å². The number of fused-ring (bicyclic) bond motifs is 6. The molecule has 2 saturated carbocycles. The van der Waals surface area contributed by atoms with Crippen LogP contribution in [0.2, 0.25) is 0 Å². The van der Waals surface area contributed by atoms with Crippen LogP contribution in [0, 0.1) is 28.4 Å². The van der Waals surface area contributed by atoms with Crippen LogP contribution in [0.5, 0.6) is 0 Å². The molecule has 0 radical (unpaired) electrons. The Bertz CT molecular complexity index is 1100. The van der Waals surface area contributed by atoms with Crippen LogP contribution in [0.3, 0.4) is 0 Å². The van der Waals surface area contributed by atoms with E-state index in [-0.39, 0.29) is 47.7 Å². The molecule has 2 amide bonds. The Balaban J connectivity index is 1.38. The number of hydroxylamine groups is 1. The molecular formula is C26H35N3O5. The van der Waals surface area contributed by atoms with Crippen molar-refractivity contribution in [3.63, 3.8) is 0 Å². The summed E-state index contributed by atoms with van der Waals surface area (Å²) in [7, 11) is 0. The fraction of sp³-hybridized carbons (Fsp3) is 0.808. The summed E-state index contributed by atoms with van der Waals surface area (Å²) < 4.78 is 7.44. The third-order valence-corrected chi connectivity index (χ3v) is 10.7. The lowest BCUT2D eigenvalue weighted by Gasteiger charge is -2.65. The van der Waals surface area contributed by atoms with Crippen molar-refractivity contribution in [3.8, 4) is 0 Å². The van der Waals surface area contributed by atoms with E-state index < -0.39 is 28.1 Å². The third kappa shape index (κ3) is 2.14. The van der Waals surface area contributed by atoms with Crippen LogP contribution in [0.4, 0.5) is 0 Å². The first-order valence-electron chi connectivity index (χ1n) is 13.0. The molecule has 2 aliphatic carbocycles. The molecular weight excluding hydrogens is 434 g/mol. The van der Waals surface area contributed by atoms with Gasteiger partial charge in [-0.1, -0.05) is 12.2 Å². The zero-order chi connectivity index (χ0) is 24.1. The van der Waals surface area contributed by atoms with Crippen LogP contribution in [0.1, 0.15) is 66.2 Å². The number of hydrogen-bond acceptors (Lipinski definition) is 5. The van der Waals surface area contributed by atoms with Crippen molar-refractivity contribution >= 4 is 17.5 Å². The van der Waals surface area contributed by atoms with Gasteiger partial charge in [0.1, 0.15) is 11.1 Å². The highest BCUT2D eigenvalue weighted by molar-refractivity contribution is 6.08. The summed E-state index contributed by atoms with van der Waals surface area (Å²) in [4.78, 5) is 29.2. The maximum Gasteiger partial charge on any atom is 0.249 e. The topological polar surface area (TPSA) is 105 Å². The van der Waals surface area contributed by atoms with Gasteiger partial charge in [-0.25, -0.2) is 4.74 Å². The van der Waals surface area contributed by atoms with E-state index in [1.807, 2.05) is 33.8 Å². The number of carbonyl (C=O) groups excluding carboxylic acids is 2. The molecule has 2 bridgehead atoms. The Labute approximate surface area is 200 Å². The normalized spacial score (nSPS) is 51.4. The molecule has 0 aromatic rings. The Morgan fingerprint density at radius 1 is 1.24 bits per heavy atom. The minimum absolute atomic E-state index is 0.0568. The van der Waals surface area contributed by atoms with Gasteiger partial charge in [-0.05, 0) is 59.8 Å². The second kappa shape index (κ2) is 5.89. The van der Waals surface area contributed by atoms with Crippen molar-refractivity contribution < 1.29 is 24.2 Å². The SMILES string of the molecule is CC1(C)C=CC2C(CCC3C2[N+]([O-])=C2C(C)(C)C4CC56CCCN5C(=O)C4(CC23O)NC6=O)O1. The fourth-order valence-corrected chi connectivity index (χ4v) is 9.54. The Morgan fingerprint density at radius 2 is 2.00 bits per heavy atom. The summed E-state index contributed by atoms with van der Waals surface area (Å²) >= 11 is 0. The highest BCUT2D eigenvalue weighted by Crippen LogP contribution is 2.64. The van der Waals surface area contributed by atoms with Gasteiger partial charge in [0.15, 0.2) is 11.6 Å². The summed E-state index contributed by atoms with van der Waals surface area (Å²) in [5, 5.41) is 29.7. The van der Waals surface area contributed by atoms with Crippen LogP contribution in [-0.4, -0.2) is 73.2 Å². The number of ether oxygens (including phenoxy) is 1. The lowest BCUT2D eigenvalue weighted by Crippen LogP contribution is -2.86. The van der Waals surface area contributed by atoms with Gasteiger partial charge < -0.3 is 25.3 Å². The van der Waals surface area contributed by atoms with E-state index in [4.69, 9.17) is 4.74 Å². The van der Waals surface area contributed by atoms with Gasteiger partial charge in [-0.15, -0.1) is 0 Å². The van der Waals surface area contributed by atoms with Gasteiger partial charge >= 0.3 is 0 Å². The minimum atomic E-state index is -1.43. The molecule has 6 aliphatic heterocycles. The van der Waals surface area contributed by atoms with Gasteiger partial charge in [0.2, 0.25) is 17.5 Å². The molecule has 2 spiro atoms. The van der Waals surface area contributed by atoms with Crippen molar-refractivity contribution in [2.75, 3.05) is 6.54 Å². The van der Waals surface area contributed by atoms with Crippen LogP contribution in [0.25, 0.3) is 0 Å². The van der Waals surface area contributed by atoms with Crippen LogP contribution < -0.4 is 5.32 Å². The first-order valence-corrected chi connectivity index (χ1v) is 13.0. The number of carbonyl (C=O) groups is 2. The van der Waals surface area contributed by atoms with Crippen LogP contribution >= 0.6 is 0 Å². The minimum Gasteiger partial charge on any atom is -0.624 e. The highest BCUT2D eigenvalue weighted by Gasteiger charge is 2.80. The highest BCUT2D eigenvalue weighted by atomic mass is 16.5. The van der Waals surface area contributed by atoms with Crippen molar-refractivity contribution in [3.05, 3.63) is 17.4 Å². The number of aliphatic hydroxyl groups is 1. The maximum absolute atomic E-state index is 14.1. The predicted molar refractivity (Wildman–Crippen MR) is 123 cm³/mol. The zero-order valence-electron chi connectivity index (χ0n) is 20.5. The summed E-state index contributed by atoms with van der Waals surface area (Å²) in [6.07, 6.45) is 7.63. The van der Waals surface area contributed by atoms with E-state index in [0.717, 1.165) is 17.6 Å². The van der Waals surface area contributed by atoms with E-state index in [1.165, 1.54) is 0 Å². The van der Waals surface area contributed by atoms with Crippen molar-refractivity contribution in [2.24, 2.45) is 23.2 Å². The number of amides is 2. The molecule has 8 aliphatic rings. The standard InChI is InChI=1S/C26H35N3O5/c1-22(2)10-8-14-16(34-22)7-6-15-18(14)29(33)19-23(3,4)17-12-24-9-5-11-28(24)21(31)25(17,27-20(24)30)13-26(15,19)32/h8,10,14-18,32H,5-7,9,11-13H2,1-4H3,(H,27,30). The van der Waals surface area contributed by atoms with E-state index in [1.54, 1.807) is 4.90 Å². The Kier molecular flexibility index (Phi) is 3.70. The lowest BCUT2D eigenvalue weighted by atomic mass is 9.46. The number of nitrogens with one attached hydrogen (secondary N) is 1. The molecule has 0 aromatic carbocycles. The molecule has 8 heteroatoms. The summed E-state index contributed by atoms with van der Waals surface area (Å²) in [6, 6.07) is -0.428. The average molecular weight is 470 g/mol. The number of piperazine rings is 1. The van der Waals surface area contributed by atoms with E-state index in [2.05, 4.69) is 11.4 Å². The molecule has 34 heavy (non-hydrogen) atoms. The van der Waals surface area contributed by atoms with Gasteiger partial charge in [-0.2, -0.15) is 0 Å².